The first-order chi connectivity index (χ1) is 7.93. The summed E-state index contributed by atoms with van der Waals surface area (Å²) < 4.78 is 11.3. The van der Waals surface area contributed by atoms with Crippen LogP contribution in [0.3, 0.4) is 0 Å². The average molecular weight is 276 g/mol. The Morgan fingerprint density at radius 2 is 2.24 bits per heavy atom. The van der Waals surface area contributed by atoms with Crippen LogP contribution in [0.4, 0.5) is 0 Å². The van der Waals surface area contributed by atoms with Gasteiger partial charge in [-0.25, -0.2) is 0 Å². The third-order valence-corrected chi connectivity index (χ3v) is 5.13. The van der Waals surface area contributed by atoms with Gasteiger partial charge in [-0.15, -0.1) is 0 Å². The lowest BCUT2D eigenvalue weighted by atomic mass is 9.85. The van der Waals surface area contributed by atoms with E-state index in [1.807, 2.05) is 6.92 Å². The van der Waals surface area contributed by atoms with Gasteiger partial charge in [-0.2, -0.15) is 0 Å². The maximum absolute atomic E-state index is 11.3. The van der Waals surface area contributed by atoms with Gasteiger partial charge < -0.3 is 5.32 Å². The first-order valence-corrected chi connectivity index (χ1v) is 8.69. The highest BCUT2D eigenvalue weighted by atomic mass is 32.2. The number of rotatable bonds is 4. The van der Waals surface area contributed by atoms with Gasteiger partial charge in [-0.05, 0) is 11.8 Å². The minimum Gasteiger partial charge on any atom is -0.362 e. The molecule has 1 aliphatic heterocycles. The maximum Gasteiger partial charge on any atom is 0.156 e. The molecule has 1 N–H and O–H groups in total. The molecule has 1 fully saturated rings. The highest BCUT2D eigenvalue weighted by Gasteiger charge is 2.28. The standard InChI is InChI=1S/C12H24N2OS2/c1-5-17(15)9-7-13-11-14-10(6-8-16-11)12(2,3)4/h10H,5-9H2,1-4H3,(H,13,14). The van der Waals surface area contributed by atoms with Crippen molar-refractivity contribution >= 4 is 27.7 Å². The summed E-state index contributed by atoms with van der Waals surface area (Å²) in [4.78, 5) is 4.51. The normalized spacial score (nSPS) is 25.6. The Kier molecular flexibility index (Phi) is 6.00. The van der Waals surface area contributed by atoms with Crippen molar-refractivity contribution in [3.63, 3.8) is 0 Å². The van der Waals surface area contributed by atoms with Crippen molar-refractivity contribution < 1.29 is 4.21 Å². The summed E-state index contributed by atoms with van der Waals surface area (Å²) in [5.74, 6) is 2.54. The van der Waals surface area contributed by atoms with E-state index in [2.05, 4.69) is 31.1 Å². The van der Waals surface area contributed by atoms with Crippen LogP contribution >= 0.6 is 11.8 Å². The zero-order valence-corrected chi connectivity index (χ0v) is 12.9. The fraction of sp³-hybridized carbons (Fsp3) is 0.917. The SMILES string of the molecule is CCS(=O)CCN=C1NC(C(C)(C)C)CCS1. The fourth-order valence-corrected chi connectivity index (χ4v) is 3.21. The van der Waals surface area contributed by atoms with E-state index >= 15 is 0 Å². The molecule has 0 spiro atoms. The van der Waals surface area contributed by atoms with Crippen LogP contribution < -0.4 is 5.32 Å². The van der Waals surface area contributed by atoms with Gasteiger partial charge in [0.15, 0.2) is 5.17 Å². The summed E-state index contributed by atoms with van der Waals surface area (Å²) in [5.41, 5.74) is 0.272. The van der Waals surface area contributed by atoms with Crippen LogP contribution in [0.5, 0.6) is 0 Å². The van der Waals surface area contributed by atoms with Crippen molar-refractivity contribution in [1.82, 2.24) is 5.32 Å². The quantitative estimate of drug-likeness (QED) is 0.856. The van der Waals surface area contributed by atoms with Crippen molar-refractivity contribution in [2.24, 2.45) is 10.4 Å². The van der Waals surface area contributed by atoms with E-state index in [4.69, 9.17) is 0 Å². The average Bonchev–Trinajstić information content (AvgIpc) is 2.28. The molecule has 3 nitrogen and oxygen atoms in total. The van der Waals surface area contributed by atoms with Gasteiger partial charge in [-0.1, -0.05) is 39.5 Å². The minimum atomic E-state index is -0.701. The van der Waals surface area contributed by atoms with Gasteiger partial charge in [0.25, 0.3) is 0 Å². The molecule has 5 heteroatoms. The topological polar surface area (TPSA) is 41.5 Å². The number of aliphatic imine (C=N–C) groups is 1. The van der Waals surface area contributed by atoms with Crippen molar-refractivity contribution in [1.29, 1.82) is 0 Å². The van der Waals surface area contributed by atoms with Crippen molar-refractivity contribution in [3.8, 4) is 0 Å². The van der Waals surface area contributed by atoms with Crippen LogP contribution in [0.1, 0.15) is 34.1 Å². The van der Waals surface area contributed by atoms with E-state index in [1.54, 1.807) is 11.8 Å². The predicted octanol–water partition coefficient (Wildman–Crippen LogP) is 2.25. The molecule has 0 bridgehead atoms. The molecule has 0 aromatic rings. The zero-order chi connectivity index (χ0) is 12.9. The lowest BCUT2D eigenvalue weighted by molar-refractivity contribution is 0.290. The van der Waals surface area contributed by atoms with Crippen molar-refractivity contribution in [2.45, 2.75) is 40.2 Å². The van der Waals surface area contributed by atoms with Gasteiger partial charge in [0, 0.05) is 34.1 Å². The monoisotopic (exact) mass is 276 g/mol. The van der Waals surface area contributed by atoms with E-state index in [9.17, 15) is 4.21 Å². The van der Waals surface area contributed by atoms with Gasteiger partial charge >= 0.3 is 0 Å². The number of hydrogen-bond acceptors (Lipinski definition) is 3. The Balaban J connectivity index is 2.44. The van der Waals surface area contributed by atoms with Gasteiger partial charge in [-0.3, -0.25) is 9.20 Å². The molecule has 2 unspecified atom stereocenters. The second-order valence-corrected chi connectivity index (χ2v) is 8.27. The molecule has 1 heterocycles. The van der Waals surface area contributed by atoms with Crippen LogP contribution in [0.15, 0.2) is 4.99 Å². The van der Waals surface area contributed by atoms with Crippen LogP contribution in [-0.4, -0.2) is 39.2 Å². The fourth-order valence-electron chi connectivity index (χ4n) is 1.67. The van der Waals surface area contributed by atoms with E-state index in [-0.39, 0.29) is 5.41 Å². The van der Waals surface area contributed by atoms with Gasteiger partial charge in [0.2, 0.25) is 0 Å². The number of thioether (sulfide) groups is 1. The summed E-state index contributed by atoms with van der Waals surface area (Å²) in [6, 6.07) is 0.499. The lowest BCUT2D eigenvalue weighted by Gasteiger charge is -2.35. The number of amidine groups is 1. The molecule has 1 saturated heterocycles. The van der Waals surface area contributed by atoms with Crippen LogP contribution in [0, 0.1) is 5.41 Å². The lowest BCUT2D eigenvalue weighted by Crippen LogP contribution is -2.46. The third kappa shape index (κ3) is 5.42. The number of hydrogen-bond donors (Lipinski definition) is 1. The molecule has 0 radical (unpaired) electrons. The van der Waals surface area contributed by atoms with Crippen molar-refractivity contribution in [2.75, 3.05) is 23.8 Å². The minimum absolute atomic E-state index is 0.272. The third-order valence-electron chi connectivity index (χ3n) is 2.88. The smallest absolute Gasteiger partial charge is 0.156 e. The molecule has 0 aromatic carbocycles. The Morgan fingerprint density at radius 3 is 2.82 bits per heavy atom. The molecule has 0 saturated carbocycles. The number of nitrogens with zero attached hydrogens (tertiary/aromatic N) is 1. The Hall–Kier alpha value is -0.0300. The first kappa shape index (κ1) is 15.0. The molecule has 2 atom stereocenters. The molecule has 1 aliphatic rings. The van der Waals surface area contributed by atoms with Gasteiger partial charge in [0.05, 0.1) is 6.54 Å². The highest BCUT2D eigenvalue weighted by molar-refractivity contribution is 8.13. The Bertz CT molecular complexity index is 297. The van der Waals surface area contributed by atoms with Crippen LogP contribution in [0.2, 0.25) is 0 Å². The summed E-state index contributed by atoms with van der Waals surface area (Å²) in [7, 11) is -0.701. The second-order valence-electron chi connectivity index (χ2n) is 5.32. The summed E-state index contributed by atoms with van der Waals surface area (Å²) in [5, 5.41) is 4.53. The summed E-state index contributed by atoms with van der Waals surface area (Å²) in [6.07, 6.45) is 1.19. The van der Waals surface area contributed by atoms with E-state index in [1.165, 1.54) is 6.42 Å². The zero-order valence-electron chi connectivity index (χ0n) is 11.3. The van der Waals surface area contributed by atoms with Crippen LogP contribution in [-0.2, 0) is 10.8 Å². The molecule has 0 aromatic heterocycles. The largest absolute Gasteiger partial charge is 0.362 e. The van der Waals surface area contributed by atoms with E-state index in [0.29, 0.717) is 18.3 Å². The molecular formula is C12H24N2OS2. The maximum atomic E-state index is 11.3. The first-order valence-electron chi connectivity index (χ1n) is 6.22. The van der Waals surface area contributed by atoms with Crippen LogP contribution in [0.25, 0.3) is 0 Å². The van der Waals surface area contributed by atoms with Gasteiger partial charge in [0.1, 0.15) is 0 Å². The van der Waals surface area contributed by atoms with Crippen molar-refractivity contribution in [3.05, 3.63) is 0 Å². The molecule has 0 aliphatic carbocycles. The predicted molar refractivity (Wildman–Crippen MR) is 79.3 cm³/mol. The summed E-state index contributed by atoms with van der Waals surface area (Å²) in [6.45, 7) is 9.39. The summed E-state index contributed by atoms with van der Waals surface area (Å²) >= 11 is 1.78. The number of nitrogens with one attached hydrogen (secondary N) is 1. The second kappa shape index (κ2) is 6.78. The molecular weight excluding hydrogens is 252 g/mol. The molecule has 17 heavy (non-hydrogen) atoms. The molecule has 0 amide bonds. The Morgan fingerprint density at radius 1 is 1.53 bits per heavy atom. The molecule has 100 valence electrons. The van der Waals surface area contributed by atoms with E-state index in [0.717, 1.165) is 16.7 Å². The Labute approximate surface area is 112 Å². The highest BCUT2D eigenvalue weighted by Crippen LogP contribution is 2.27. The molecule has 1 rings (SSSR count). The van der Waals surface area contributed by atoms with E-state index < -0.39 is 10.8 Å².